The molecule has 0 saturated heterocycles. The molecule has 7 nitrogen and oxygen atoms in total. The van der Waals surface area contributed by atoms with E-state index in [1.807, 2.05) is 6.20 Å². The summed E-state index contributed by atoms with van der Waals surface area (Å²) in [6.07, 6.45) is 8.99. The van der Waals surface area contributed by atoms with Crippen molar-refractivity contribution in [3.8, 4) is 6.07 Å². The van der Waals surface area contributed by atoms with Crippen LogP contribution in [-0.4, -0.2) is 40.7 Å². The van der Waals surface area contributed by atoms with Crippen molar-refractivity contribution in [3.05, 3.63) is 54.0 Å². The lowest BCUT2D eigenvalue weighted by Crippen LogP contribution is -2.26. The number of nitrogens with one attached hydrogen (secondary N) is 2. The fourth-order valence-corrected chi connectivity index (χ4v) is 4.61. The molecule has 4 N–H and O–H groups in total. The van der Waals surface area contributed by atoms with Crippen LogP contribution < -0.4 is 16.4 Å². The average Bonchev–Trinajstić information content (AvgIpc) is 3.41. The number of aromatic nitrogens is 3. The van der Waals surface area contributed by atoms with Crippen molar-refractivity contribution < 1.29 is 0 Å². The van der Waals surface area contributed by atoms with Crippen molar-refractivity contribution in [2.75, 3.05) is 31.9 Å². The summed E-state index contributed by atoms with van der Waals surface area (Å²) in [6.45, 7) is 4.15. The van der Waals surface area contributed by atoms with Gasteiger partial charge in [0.2, 0.25) is 0 Å². The van der Waals surface area contributed by atoms with Crippen molar-refractivity contribution in [2.45, 2.75) is 38.1 Å². The smallest absolute Gasteiger partial charge is 0.147 e. The van der Waals surface area contributed by atoms with Crippen LogP contribution in [0.15, 0.2) is 42.9 Å². The standard InChI is InChI=1S/C24H31N7/c25-14-20-16-31(24-22(20)23(26)29-17-30-24)21-8-7-19(13-21)15-28-11-4-10-27-12-9-18-5-2-1-3-6-18/h1-3,5-6,16-17,19,21,27-28H,4,7-13,15H2,(H2,26,29,30). The molecule has 2 unspecified atom stereocenters. The molecular formula is C24H31N7. The molecule has 0 aliphatic heterocycles. The molecule has 2 heterocycles. The number of hydrogen-bond acceptors (Lipinski definition) is 6. The molecule has 31 heavy (non-hydrogen) atoms. The van der Waals surface area contributed by atoms with Gasteiger partial charge in [-0.05, 0) is 69.8 Å². The van der Waals surface area contributed by atoms with Crippen LogP contribution in [-0.2, 0) is 6.42 Å². The van der Waals surface area contributed by atoms with E-state index in [2.05, 4.69) is 61.6 Å². The van der Waals surface area contributed by atoms with E-state index < -0.39 is 0 Å². The van der Waals surface area contributed by atoms with Crippen LogP contribution in [0.5, 0.6) is 0 Å². The van der Waals surface area contributed by atoms with E-state index in [4.69, 9.17) is 5.73 Å². The molecule has 3 aromatic rings. The molecule has 4 rings (SSSR count). The van der Waals surface area contributed by atoms with Gasteiger partial charge in [0.25, 0.3) is 0 Å². The first-order valence-electron chi connectivity index (χ1n) is 11.2. The van der Waals surface area contributed by atoms with Crippen LogP contribution >= 0.6 is 0 Å². The van der Waals surface area contributed by atoms with Gasteiger partial charge in [-0.15, -0.1) is 0 Å². The lowest BCUT2D eigenvalue weighted by molar-refractivity contribution is 0.452. The molecule has 0 amide bonds. The van der Waals surface area contributed by atoms with E-state index in [9.17, 15) is 5.26 Å². The Balaban J connectivity index is 1.16. The van der Waals surface area contributed by atoms with Gasteiger partial charge in [-0.3, -0.25) is 0 Å². The van der Waals surface area contributed by atoms with Gasteiger partial charge >= 0.3 is 0 Å². The summed E-state index contributed by atoms with van der Waals surface area (Å²) < 4.78 is 2.14. The molecule has 1 fully saturated rings. The van der Waals surface area contributed by atoms with E-state index in [1.54, 1.807) is 0 Å². The molecule has 7 heteroatoms. The monoisotopic (exact) mass is 417 g/mol. The van der Waals surface area contributed by atoms with Crippen molar-refractivity contribution in [1.82, 2.24) is 25.2 Å². The maximum atomic E-state index is 9.46. The van der Waals surface area contributed by atoms with Crippen molar-refractivity contribution >= 4 is 16.9 Å². The maximum absolute atomic E-state index is 9.46. The van der Waals surface area contributed by atoms with Gasteiger partial charge in [0.05, 0.1) is 10.9 Å². The van der Waals surface area contributed by atoms with E-state index in [-0.39, 0.29) is 0 Å². The Morgan fingerprint density at radius 1 is 1.10 bits per heavy atom. The molecule has 1 aliphatic rings. The summed E-state index contributed by atoms with van der Waals surface area (Å²) in [6, 6.07) is 13.2. The first-order chi connectivity index (χ1) is 15.3. The molecule has 162 valence electrons. The third-order valence-electron chi connectivity index (χ3n) is 6.24. The van der Waals surface area contributed by atoms with Gasteiger partial charge in [0, 0.05) is 12.2 Å². The van der Waals surface area contributed by atoms with Crippen LogP contribution in [0.1, 0.15) is 42.9 Å². The van der Waals surface area contributed by atoms with Gasteiger partial charge in [0.1, 0.15) is 23.9 Å². The van der Waals surface area contributed by atoms with E-state index in [0.717, 1.165) is 57.5 Å². The third-order valence-corrected chi connectivity index (χ3v) is 6.24. The molecule has 1 saturated carbocycles. The lowest BCUT2D eigenvalue weighted by Gasteiger charge is -2.15. The minimum atomic E-state index is 0.366. The molecule has 0 spiro atoms. The number of nitriles is 1. The van der Waals surface area contributed by atoms with Gasteiger partial charge in [-0.1, -0.05) is 30.3 Å². The number of anilines is 1. The van der Waals surface area contributed by atoms with Gasteiger partial charge in [0.15, 0.2) is 0 Å². The van der Waals surface area contributed by atoms with Gasteiger partial charge < -0.3 is 20.9 Å². The predicted octanol–water partition coefficient (Wildman–Crippen LogP) is 3.04. The molecule has 2 atom stereocenters. The van der Waals surface area contributed by atoms with Crippen LogP contribution in [0.2, 0.25) is 0 Å². The summed E-state index contributed by atoms with van der Waals surface area (Å²) in [5.74, 6) is 1.03. The maximum Gasteiger partial charge on any atom is 0.147 e. The molecule has 0 bridgehead atoms. The molecular weight excluding hydrogens is 386 g/mol. The second-order valence-electron chi connectivity index (χ2n) is 8.40. The van der Waals surface area contributed by atoms with Crippen LogP contribution in [0.3, 0.4) is 0 Å². The van der Waals surface area contributed by atoms with Gasteiger partial charge in [-0.25, -0.2) is 9.97 Å². The van der Waals surface area contributed by atoms with Crippen LogP contribution in [0, 0.1) is 17.2 Å². The SMILES string of the molecule is N#Cc1cn(C2CCC(CNCCCNCCc3ccccc3)C2)c2ncnc(N)c12. The van der Waals surface area contributed by atoms with E-state index in [1.165, 1.54) is 18.3 Å². The first kappa shape index (κ1) is 21.3. The molecule has 0 radical (unpaired) electrons. The third kappa shape index (κ3) is 5.22. The van der Waals surface area contributed by atoms with Gasteiger partial charge in [-0.2, -0.15) is 5.26 Å². The lowest BCUT2D eigenvalue weighted by atomic mass is 10.1. The highest BCUT2D eigenvalue weighted by molar-refractivity contribution is 5.92. The topological polar surface area (TPSA) is 105 Å². The highest BCUT2D eigenvalue weighted by Crippen LogP contribution is 2.37. The highest BCUT2D eigenvalue weighted by atomic mass is 15.1. The number of nitrogens with two attached hydrogens (primary N) is 1. The zero-order chi connectivity index (χ0) is 21.5. The minimum Gasteiger partial charge on any atom is -0.383 e. The second kappa shape index (κ2) is 10.4. The summed E-state index contributed by atoms with van der Waals surface area (Å²) in [4.78, 5) is 8.46. The Bertz CT molecular complexity index is 1020. The number of rotatable bonds is 10. The number of hydrogen-bond donors (Lipinski definition) is 3. The average molecular weight is 418 g/mol. The van der Waals surface area contributed by atoms with E-state index >= 15 is 0 Å². The Morgan fingerprint density at radius 2 is 1.94 bits per heavy atom. The Labute approximate surface area is 183 Å². The zero-order valence-electron chi connectivity index (χ0n) is 17.9. The molecule has 1 aromatic carbocycles. The summed E-state index contributed by atoms with van der Waals surface area (Å²) in [5, 5.41) is 17.3. The Morgan fingerprint density at radius 3 is 2.77 bits per heavy atom. The Hall–Kier alpha value is -2.95. The largest absolute Gasteiger partial charge is 0.383 e. The van der Waals surface area contributed by atoms with Crippen molar-refractivity contribution in [1.29, 1.82) is 5.26 Å². The minimum absolute atomic E-state index is 0.366. The predicted molar refractivity (Wildman–Crippen MR) is 124 cm³/mol. The zero-order valence-corrected chi connectivity index (χ0v) is 17.9. The fourth-order valence-electron chi connectivity index (χ4n) is 4.61. The van der Waals surface area contributed by atoms with Crippen molar-refractivity contribution in [3.63, 3.8) is 0 Å². The molecule has 1 aliphatic carbocycles. The van der Waals surface area contributed by atoms with Crippen molar-refractivity contribution in [2.24, 2.45) is 5.92 Å². The normalized spacial score (nSPS) is 18.4. The number of fused-ring (bicyclic) bond motifs is 1. The number of nitrogen functional groups attached to an aromatic ring is 1. The van der Waals surface area contributed by atoms with E-state index in [0.29, 0.717) is 28.7 Å². The molecule has 2 aromatic heterocycles. The first-order valence-corrected chi connectivity index (χ1v) is 11.2. The summed E-state index contributed by atoms with van der Waals surface area (Å²) in [5.41, 5.74) is 8.73. The van der Waals surface area contributed by atoms with Crippen LogP contribution in [0.4, 0.5) is 5.82 Å². The second-order valence-corrected chi connectivity index (χ2v) is 8.40. The highest BCUT2D eigenvalue weighted by Gasteiger charge is 2.28. The van der Waals surface area contributed by atoms with Crippen LogP contribution in [0.25, 0.3) is 11.0 Å². The Kier molecular flexibility index (Phi) is 7.13. The summed E-state index contributed by atoms with van der Waals surface area (Å²) >= 11 is 0. The number of nitrogens with zero attached hydrogens (tertiary/aromatic N) is 4. The fraction of sp³-hybridized carbons (Fsp3) is 0.458. The quantitative estimate of drug-likeness (QED) is 0.438. The number of benzene rings is 1. The summed E-state index contributed by atoms with van der Waals surface area (Å²) in [7, 11) is 0.